The number of ether oxygens (including phenoxy) is 3. The molecule has 0 aliphatic heterocycles. The Kier molecular flexibility index (Phi) is 14.7. The van der Waals surface area contributed by atoms with Gasteiger partial charge in [0, 0.05) is 49.9 Å². The number of aliphatic hydroxyl groups is 1. The van der Waals surface area contributed by atoms with Crippen molar-refractivity contribution in [1.29, 1.82) is 0 Å². The molecule has 0 fully saturated rings. The van der Waals surface area contributed by atoms with E-state index in [1.165, 1.54) is 32.4 Å². The summed E-state index contributed by atoms with van der Waals surface area (Å²) in [4.78, 5) is 27.1. The minimum absolute atomic E-state index is 0.0401. The second kappa shape index (κ2) is 18.3. The highest BCUT2D eigenvalue weighted by molar-refractivity contribution is 7.92. The third-order valence-corrected chi connectivity index (χ3v) is 8.87. The summed E-state index contributed by atoms with van der Waals surface area (Å²) in [6.45, 7) is 0.163. The number of alkyl halides is 3. The Bertz CT molecular complexity index is 1710. The molecule has 0 aliphatic carbocycles. The van der Waals surface area contributed by atoms with Crippen molar-refractivity contribution in [2.24, 2.45) is 0 Å². The fraction of sp³-hybridized carbons (Fsp3) is 0.412. The lowest BCUT2D eigenvalue weighted by Gasteiger charge is -2.27. The van der Waals surface area contributed by atoms with Gasteiger partial charge in [-0.1, -0.05) is 30.3 Å². The zero-order chi connectivity index (χ0) is 37.9. The Labute approximate surface area is 292 Å². The van der Waals surface area contributed by atoms with Crippen molar-refractivity contribution in [3.8, 4) is 5.75 Å². The molecule has 0 radical (unpaired) electrons. The first-order valence-corrected chi connectivity index (χ1v) is 17.4. The molecule has 3 N–H and O–H groups in total. The zero-order valence-corrected chi connectivity index (χ0v) is 29.1. The molecule has 17 heteroatoms. The lowest BCUT2D eigenvalue weighted by Crippen LogP contribution is -2.48. The van der Waals surface area contributed by atoms with E-state index in [0.717, 1.165) is 28.3 Å². The average molecular weight is 746 g/mol. The van der Waals surface area contributed by atoms with Crippen molar-refractivity contribution >= 4 is 27.5 Å². The third kappa shape index (κ3) is 13.4. The van der Waals surface area contributed by atoms with Crippen LogP contribution in [0.15, 0.2) is 66.7 Å². The lowest BCUT2D eigenvalue weighted by atomic mass is 10.0. The van der Waals surface area contributed by atoms with Gasteiger partial charge < -0.3 is 30.0 Å². The number of hydrogen-bond donors (Lipinski definition) is 3. The summed E-state index contributed by atoms with van der Waals surface area (Å²) >= 11 is 0. The van der Waals surface area contributed by atoms with Crippen LogP contribution in [0, 0.1) is 11.6 Å². The quantitative estimate of drug-likeness (QED) is 0.125. The number of anilines is 1. The van der Waals surface area contributed by atoms with Gasteiger partial charge in [0.05, 0.1) is 55.9 Å². The molecule has 51 heavy (non-hydrogen) atoms. The van der Waals surface area contributed by atoms with Gasteiger partial charge in [0.25, 0.3) is 11.8 Å². The molecule has 0 aromatic heterocycles. The third-order valence-electron chi connectivity index (χ3n) is 7.67. The highest BCUT2D eigenvalue weighted by Crippen LogP contribution is 2.23. The molecule has 11 nitrogen and oxygen atoms in total. The lowest BCUT2D eigenvalue weighted by molar-refractivity contribution is -0.148. The Morgan fingerprint density at radius 2 is 1.51 bits per heavy atom. The van der Waals surface area contributed by atoms with Crippen LogP contribution in [0.3, 0.4) is 0 Å². The van der Waals surface area contributed by atoms with Crippen molar-refractivity contribution in [1.82, 2.24) is 10.6 Å². The van der Waals surface area contributed by atoms with Gasteiger partial charge in [-0.05, 0) is 30.7 Å². The Balaban J connectivity index is 1.90. The van der Waals surface area contributed by atoms with Gasteiger partial charge in [-0.3, -0.25) is 13.9 Å². The molecule has 0 saturated heterocycles. The smallest absolute Gasteiger partial charge is 0.391 e. The van der Waals surface area contributed by atoms with Crippen molar-refractivity contribution in [3.63, 3.8) is 0 Å². The molecule has 0 aliphatic rings. The van der Waals surface area contributed by atoms with Gasteiger partial charge in [-0.15, -0.1) is 0 Å². The number of carbonyl (C=O) groups excluding carboxylic acids is 2. The van der Waals surface area contributed by atoms with E-state index in [2.05, 4.69) is 10.6 Å². The van der Waals surface area contributed by atoms with Gasteiger partial charge in [0.15, 0.2) is 0 Å². The normalized spacial score (nSPS) is 14.2. The number of amides is 2. The number of methoxy groups -OCH3 is 1. The van der Waals surface area contributed by atoms with Crippen molar-refractivity contribution < 1.29 is 59.3 Å². The Hall–Kier alpha value is -4.32. The molecule has 0 unspecified atom stereocenters. The average Bonchev–Trinajstić information content (AvgIpc) is 3.06. The summed E-state index contributed by atoms with van der Waals surface area (Å²) < 4.78 is 107. The largest absolute Gasteiger partial charge is 0.491 e. The van der Waals surface area contributed by atoms with Crippen molar-refractivity contribution in [2.75, 3.05) is 44.5 Å². The fourth-order valence-electron chi connectivity index (χ4n) is 4.72. The summed E-state index contributed by atoms with van der Waals surface area (Å²) in [6, 6.07) is 13.2. The number of rotatable bonds is 18. The molecule has 3 aromatic carbocycles. The number of sulfonamides is 1. The van der Waals surface area contributed by atoms with Crippen LogP contribution in [-0.2, 0) is 19.5 Å². The van der Waals surface area contributed by atoms with Gasteiger partial charge in [0.1, 0.15) is 24.0 Å². The molecule has 3 rings (SSSR count). The summed E-state index contributed by atoms with van der Waals surface area (Å²) in [6.07, 6.45) is -7.50. The molecule has 0 bridgehead atoms. The number of nitrogens with one attached hydrogen (secondary N) is 2. The van der Waals surface area contributed by atoms with E-state index >= 15 is 0 Å². The molecular formula is C34H40F5N3O8S. The first-order valence-electron chi connectivity index (χ1n) is 15.6. The van der Waals surface area contributed by atoms with Crippen LogP contribution in [0.5, 0.6) is 5.75 Å². The van der Waals surface area contributed by atoms with Gasteiger partial charge in [-0.2, -0.15) is 13.2 Å². The first kappa shape index (κ1) is 41.1. The summed E-state index contributed by atoms with van der Waals surface area (Å²) in [5.41, 5.74) is 0.466. The number of halogens is 5. The first-order chi connectivity index (χ1) is 23.9. The molecule has 2 amide bonds. The maximum absolute atomic E-state index is 13.8. The van der Waals surface area contributed by atoms with E-state index in [9.17, 15) is 45.1 Å². The van der Waals surface area contributed by atoms with E-state index in [-0.39, 0.29) is 35.6 Å². The Morgan fingerprint density at radius 1 is 0.922 bits per heavy atom. The zero-order valence-electron chi connectivity index (χ0n) is 28.2. The van der Waals surface area contributed by atoms with Gasteiger partial charge in [0.2, 0.25) is 10.0 Å². The van der Waals surface area contributed by atoms with E-state index in [1.807, 2.05) is 0 Å². The maximum Gasteiger partial charge on any atom is 0.391 e. The number of aliphatic hydroxyl groups excluding tert-OH is 1. The SMILES string of the molecule is CO[C@@H](COCCC(F)(F)F)C[C@H](O)[C@H](COc1cc(F)cc(F)c1)NC(=O)c1cc(C(=O)N[C@H](C)c2ccccc2)cc(N(C)S(C)(=O)=O)c1. The topological polar surface area (TPSA) is 144 Å². The van der Waals surface area contributed by atoms with Crippen LogP contribution in [0.4, 0.5) is 27.6 Å². The number of nitrogens with zero attached hydrogens (tertiary/aromatic N) is 1. The van der Waals surface area contributed by atoms with Crippen LogP contribution < -0.4 is 19.7 Å². The van der Waals surface area contributed by atoms with Gasteiger partial charge >= 0.3 is 6.18 Å². The molecule has 4 atom stereocenters. The minimum atomic E-state index is -4.45. The predicted octanol–water partition coefficient (Wildman–Crippen LogP) is 4.76. The molecule has 0 spiro atoms. The molecule has 280 valence electrons. The van der Waals surface area contributed by atoms with E-state index in [4.69, 9.17) is 14.2 Å². The van der Waals surface area contributed by atoms with Crippen molar-refractivity contribution in [3.05, 3.63) is 95.1 Å². The van der Waals surface area contributed by atoms with E-state index in [0.29, 0.717) is 6.07 Å². The molecule has 0 saturated carbocycles. The van der Waals surface area contributed by atoms with Crippen LogP contribution in [0.25, 0.3) is 0 Å². The fourth-order valence-corrected chi connectivity index (χ4v) is 5.21. The van der Waals surface area contributed by atoms with E-state index in [1.54, 1.807) is 37.3 Å². The standard InChI is InChI=1S/C34H40F5N3O8S/c1-21(22-8-6-5-7-9-22)40-32(44)23-12-24(14-27(13-23)42(2)51(4,46)47)33(45)41-30(20-50-28-16-25(35)15-26(36)17-28)31(43)18-29(48-3)19-49-11-10-34(37,38)39/h5-9,12-17,21,29-31,43H,10-11,18-20H2,1-4H3,(H,40,44)(H,41,45)/t21-,29-,30+,31+/m1/s1. The molecule has 0 heterocycles. The molecule has 3 aromatic rings. The molecular weight excluding hydrogens is 705 g/mol. The predicted molar refractivity (Wildman–Crippen MR) is 178 cm³/mol. The van der Waals surface area contributed by atoms with Crippen LogP contribution in [0.1, 0.15) is 52.1 Å². The number of hydrogen-bond acceptors (Lipinski definition) is 8. The minimum Gasteiger partial charge on any atom is -0.491 e. The highest BCUT2D eigenvalue weighted by atomic mass is 32.2. The number of carbonyl (C=O) groups is 2. The Morgan fingerprint density at radius 3 is 2.06 bits per heavy atom. The van der Waals surface area contributed by atoms with Crippen molar-refractivity contribution in [2.45, 2.75) is 50.2 Å². The summed E-state index contributed by atoms with van der Waals surface area (Å²) in [5, 5.41) is 16.5. The highest BCUT2D eigenvalue weighted by Gasteiger charge is 2.29. The van der Waals surface area contributed by atoms with Crippen LogP contribution in [-0.4, -0.2) is 90.0 Å². The van der Waals surface area contributed by atoms with Crippen LogP contribution >= 0.6 is 0 Å². The number of benzene rings is 3. The van der Waals surface area contributed by atoms with Gasteiger partial charge in [-0.25, -0.2) is 17.2 Å². The monoisotopic (exact) mass is 745 g/mol. The van der Waals surface area contributed by atoms with E-state index < -0.39 is 83.6 Å². The van der Waals surface area contributed by atoms with Crippen LogP contribution in [0.2, 0.25) is 0 Å². The summed E-state index contributed by atoms with van der Waals surface area (Å²) in [7, 11) is -1.41. The maximum atomic E-state index is 13.8. The summed E-state index contributed by atoms with van der Waals surface area (Å²) in [5.74, 6) is -3.73. The second-order valence-corrected chi connectivity index (χ2v) is 13.7. The second-order valence-electron chi connectivity index (χ2n) is 11.7.